The van der Waals surface area contributed by atoms with E-state index >= 15 is 0 Å². The van der Waals surface area contributed by atoms with Crippen LogP contribution < -0.4 is 11.1 Å². The molecule has 1 saturated carbocycles. The highest BCUT2D eigenvalue weighted by Gasteiger charge is 2.48. The van der Waals surface area contributed by atoms with Gasteiger partial charge in [-0.15, -0.1) is 0 Å². The Kier molecular flexibility index (Phi) is 4.02. The molecule has 98 valence electrons. The van der Waals surface area contributed by atoms with Crippen LogP contribution >= 0.6 is 0 Å². The maximum absolute atomic E-state index is 12.0. The van der Waals surface area contributed by atoms with Crippen molar-refractivity contribution in [1.82, 2.24) is 0 Å². The van der Waals surface area contributed by atoms with Gasteiger partial charge in [0.25, 0.3) is 0 Å². The van der Waals surface area contributed by atoms with E-state index in [1.54, 1.807) is 0 Å². The molecule has 18 heavy (non-hydrogen) atoms. The van der Waals surface area contributed by atoms with E-state index in [1.807, 2.05) is 12.1 Å². The molecule has 3 heteroatoms. The van der Waals surface area contributed by atoms with Gasteiger partial charge in [0.15, 0.2) is 0 Å². The number of amides is 1. The normalized spacial score (nSPS) is 16.3. The lowest BCUT2D eigenvalue weighted by Gasteiger charge is -2.13. The van der Waals surface area contributed by atoms with E-state index in [1.165, 1.54) is 18.4 Å². The van der Waals surface area contributed by atoms with E-state index in [4.69, 9.17) is 5.73 Å². The lowest BCUT2D eigenvalue weighted by atomic mass is 10.1. The minimum atomic E-state index is -0.277. The summed E-state index contributed by atoms with van der Waals surface area (Å²) in [7, 11) is 0. The van der Waals surface area contributed by atoms with Crippen LogP contribution in [0.5, 0.6) is 0 Å². The summed E-state index contributed by atoms with van der Waals surface area (Å²) in [5.74, 6) is 0.0753. The van der Waals surface area contributed by atoms with Crippen molar-refractivity contribution in [1.29, 1.82) is 0 Å². The Bertz CT molecular complexity index is 407. The molecule has 3 nitrogen and oxygen atoms in total. The van der Waals surface area contributed by atoms with E-state index in [2.05, 4.69) is 24.4 Å². The van der Waals surface area contributed by atoms with Crippen molar-refractivity contribution in [2.45, 2.75) is 39.0 Å². The van der Waals surface area contributed by atoms with Crippen molar-refractivity contribution >= 4 is 11.6 Å². The van der Waals surface area contributed by atoms with Gasteiger partial charge in [-0.1, -0.05) is 25.5 Å². The largest absolute Gasteiger partial charge is 0.329 e. The number of rotatable bonds is 6. The molecular formula is C15H22N2O. The summed E-state index contributed by atoms with van der Waals surface area (Å²) in [5, 5.41) is 2.96. The number of benzene rings is 1. The molecule has 1 aliphatic rings. The molecule has 1 aromatic carbocycles. The third kappa shape index (κ3) is 2.91. The standard InChI is InChI=1S/C15H22N2O/c1-2-3-4-12-5-7-13(8-6-12)17-14(18)15(11-16)9-10-15/h5-8H,2-4,9-11,16H2,1H3,(H,17,18). The van der Waals surface area contributed by atoms with Gasteiger partial charge in [0, 0.05) is 12.2 Å². The van der Waals surface area contributed by atoms with Crippen LogP contribution in [0.3, 0.4) is 0 Å². The zero-order valence-electron chi connectivity index (χ0n) is 11.0. The van der Waals surface area contributed by atoms with Gasteiger partial charge in [0.2, 0.25) is 5.91 Å². The van der Waals surface area contributed by atoms with Crippen LogP contribution in [0, 0.1) is 5.41 Å². The molecule has 0 atom stereocenters. The van der Waals surface area contributed by atoms with E-state index in [-0.39, 0.29) is 11.3 Å². The summed E-state index contributed by atoms with van der Waals surface area (Å²) in [6.07, 6.45) is 5.37. The second-order valence-corrected chi connectivity index (χ2v) is 5.24. The molecule has 0 radical (unpaired) electrons. The quantitative estimate of drug-likeness (QED) is 0.811. The molecule has 1 amide bonds. The third-order valence-corrected chi connectivity index (χ3v) is 3.76. The fourth-order valence-electron chi connectivity index (χ4n) is 2.07. The Balaban J connectivity index is 1.92. The van der Waals surface area contributed by atoms with E-state index < -0.39 is 0 Å². The second-order valence-electron chi connectivity index (χ2n) is 5.24. The van der Waals surface area contributed by atoms with Gasteiger partial charge < -0.3 is 11.1 Å². The average Bonchev–Trinajstić information content (AvgIpc) is 3.19. The first-order chi connectivity index (χ1) is 8.70. The maximum Gasteiger partial charge on any atom is 0.231 e. The maximum atomic E-state index is 12.0. The van der Waals surface area contributed by atoms with Crippen molar-refractivity contribution < 1.29 is 4.79 Å². The fraction of sp³-hybridized carbons (Fsp3) is 0.533. The number of hydrogen-bond acceptors (Lipinski definition) is 2. The van der Waals surface area contributed by atoms with Crippen molar-refractivity contribution in [2.75, 3.05) is 11.9 Å². The highest BCUT2D eigenvalue weighted by Crippen LogP contribution is 2.45. The minimum Gasteiger partial charge on any atom is -0.329 e. The molecule has 1 aliphatic carbocycles. The Morgan fingerprint density at radius 2 is 2.00 bits per heavy atom. The van der Waals surface area contributed by atoms with E-state index in [9.17, 15) is 4.79 Å². The summed E-state index contributed by atoms with van der Waals surface area (Å²) < 4.78 is 0. The van der Waals surface area contributed by atoms with Gasteiger partial charge in [-0.3, -0.25) is 4.79 Å². The van der Waals surface area contributed by atoms with E-state index in [0.29, 0.717) is 6.54 Å². The molecule has 0 bridgehead atoms. The van der Waals surface area contributed by atoms with Crippen LogP contribution in [0.4, 0.5) is 5.69 Å². The van der Waals surface area contributed by atoms with Crippen molar-refractivity contribution in [3.8, 4) is 0 Å². The van der Waals surface area contributed by atoms with E-state index in [0.717, 1.165) is 24.9 Å². The Hall–Kier alpha value is -1.35. The zero-order chi connectivity index (χ0) is 13.0. The zero-order valence-corrected chi connectivity index (χ0v) is 11.0. The first-order valence-corrected chi connectivity index (χ1v) is 6.81. The van der Waals surface area contributed by atoms with Crippen molar-refractivity contribution in [3.63, 3.8) is 0 Å². The third-order valence-electron chi connectivity index (χ3n) is 3.76. The Labute approximate surface area is 109 Å². The smallest absolute Gasteiger partial charge is 0.231 e. The average molecular weight is 246 g/mol. The lowest BCUT2D eigenvalue weighted by Crippen LogP contribution is -2.30. The number of carbonyl (C=O) groups is 1. The molecule has 0 heterocycles. The minimum absolute atomic E-state index is 0.0753. The second kappa shape index (κ2) is 5.53. The first kappa shape index (κ1) is 13.1. The number of hydrogen-bond donors (Lipinski definition) is 2. The van der Waals surface area contributed by atoms with Gasteiger partial charge in [-0.05, 0) is 43.4 Å². The monoisotopic (exact) mass is 246 g/mol. The van der Waals surface area contributed by atoms with Crippen molar-refractivity contribution in [3.05, 3.63) is 29.8 Å². The van der Waals surface area contributed by atoms with Crippen LogP contribution in [0.15, 0.2) is 24.3 Å². The molecule has 2 rings (SSSR count). The van der Waals surface area contributed by atoms with Gasteiger partial charge >= 0.3 is 0 Å². The van der Waals surface area contributed by atoms with Crippen LogP contribution in [0.2, 0.25) is 0 Å². The van der Waals surface area contributed by atoms with Gasteiger partial charge in [0.05, 0.1) is 5.41 Å². The molecule has 0 aliphatic heterocycles. The predicted octanol–water partition coefficient (Wildman–Crippen LogP) is 2.71. The predicted molar refractivity (Wildman–Crippen MR) is 74.4 cm³/mol. The number of unbranched alkanes of at least 4 members (excludes halogenated alkanes) is 1. The molecule has 0 unspecified atom stereocenters. The number of aryl methyl sites for hydroxylation is 1. The number of nitrogens with one attached hydrogen (secondary N) is 1. The van der Waals surface area contributed by atoms with Crippen LogP contribution in [0.1, 0.15) is 38.2 Å². The Morgan fingerprint density at radius 3 is 2.50 bits per heavy atom. The summed E-state index contributed by atoms with van der Waals surface area (Å²) in [6, 6.07) is 8.14. The summed E-state index contributed by atoms with van der Waals surface area (Å²) >= 11 is 0. The summed E-state index contributed by atoms with van der Waals surface area (Å²) in [5.41, 5.74) is 7.57. The van der Waals surface area contributed by atoms with Gasteiger partial charge in [-0.2, -0.15) is 0 Å². The molecule has 1 fully saturated rings. The number of nitrogens with two attached hydrogens (primary N) is 1. The Morgan fingerprint density at radius 1 is 1.33 bits per heavy atom. The molecule has 1 aromatic rings. The van der Waals surface area contributed by atoms with Crippen LogP contribution in [-0.4, -0.2) is 12.5 Å². The highest BCUT2D eigenvalue weighted by molar-refractivity contribution is 5.97. The number of anilines is 1. The topological polar surface area (TPSA) is 55.1 Å². The number of carbonyl (C=O) groups excluding carboxylic acids is 1. The highest BCUT2D eigenvalue weighted by atomic mass is 16.2. The lowest BCUT2D eigenvalue weighted by molar-refractivity contribution is -0.120. The van der Waals surface area contributed by atoms with Crippen LogP contribution in [0.25, 0.3) is 0 Å². The molecular weight excluding hydrogens is 224 g/mol. The first-order valence-electron chi connectivity index (χ1n) is 6.81. The molecule has 0 aromatic heterocycles. The molecule has 0 spiro atoms. The summed E-state index contributed by atoms with van der Waals surface area (Å²) in [4.78, 5) is 12.0. The molecule has 0 saturated heterocycles. The van der Waals surface area contributed by atoms with Gasteiger partial charge in [0.1, 0.15) is 0 Å². The van der Waals surface area contributed by atoms with Crippen LogP contribution in [-0.2, 0) is 11.2 Å². The van der Waals surface area contributed by atoms with Gasteiger partial charge in [-0.25, -0.2) is 0 Å². The molecule has 3 N–H and O–H groups in total. The fourth-order valence-corrected chi connectivity index (χ4v) is 2.07. The summed E-state index contributed by atoms with van der Waals surface area (Å²) in [6.45, 7) is 2.64. The van der Waals surface area contributed by atoms with Crippen molar-refractivity contribution in [2.24, 2.45) is 11.1 Å². The SMILES string of the molecule is CCCCc1ccc(NC(=O)C2(CN)CC2)cc1.